The molecule has 0 amide bonds. The SMILES string of the molecule is CCc1cccc(C(=O)C(C)(C)N(CC)CC)c1. The largest absolute Gasteiger partial charge is 0.292 e. The van der Waals surface area contributed by atoms with E-state index in [2.05, 4.69) is 31.7 Å². The van der Waals surface area contributed by atoms with Crippen LogP contribution in [0.1, 0.15) is 50.5 Å². The van der Waals surface area contributed by atoms with Crippen LogP contribution in [0, 0.1) is 0 Å². The van der Waals surface area contributed by atoms with Crippen LogP contribution in [0.4, 0.5) is 0 Å². The first-order valence-electron chi connectivity index (χ1n) is 6.86. The Balaban J connectivity index is 3.04. The average Bonchev–Trinajstić information content (AvgIpc) is 2.39. The molecule has 100 valence electrons. The lowest BCUT2D eigenvalue weighted by Crippen LogP contribution is -2.49. The Morgan fingerprint density at radius 1 is 1.17 bits per heavy atom. The molecule has 0 aliphatic carbocycles. The molecule has 1 aromatic carbocycles. The molecule has 0 saturated carbocycles. The minimum absolute atomic E-state index is 0.210. The van der Waals surface area contributed by atoms with Gasteiger partial charge in [0.2, 0.25) is 0 Å². The zero-order valence-electron chi connectivity index (χ0n) is 12.3. The number of carbonyl (C=O) groups is 1. The first-order valence-corrected chi connectivity index (χ1v) is 6.86. The van der Waals surface area contributed by atoms with Crippen molar-refractivity contribution in [3.8, 4) is 0 Å². The van der Waals surface area contributed by atoms with Crippen LogP contribution in [0.2, 0.25) is 0 Å². The van der Waals surface area contributed by atoms with Gasteiger partial charge in [0.05, 0.1) is 5.54 Å². The van der Waals surface area contributed by atoms with E-state index in [1.54, 1.807) is 0 Å². The fourth-order valence-corrected chi connectivity index (χ4v) is 2.44. The van der Waals surface area contributed by atoms with E-state index in [-0.39, 0.29) is 5.78 Å². The summed E-state index contributed by atoms with van der Waals surface area (Å²) in [6.45, 7) is 12.1. The molecule has 0 heterocycles. The standard InChI is InChI=1S/C16H25NO/c1-6-13-10-9-11-14(12-13)15(18)16(4,5)17(7-2)8-3/h9-12H,6-8H2,1-5H3. The summed E-state index contributed by atoms with van der Waals surface area (Å²) in [7, 11) is 0. The number of hydrogen-bond acceptors (Lipinski definition) is 2. The number of carbonyl (C=O) groups excluding carboxylic acids is 1. The highest BCUT2D eigenvalue weighted by Crippen LogP contribution is 2.21. The molecule has 0 aliphatic heterocycles. The van der Waals surface area contributed by atoms with Gasteiger partial charge in [0, 0.05) is 5.56 Å². The molecule has 0 fully saturated rings. The van der Waals surface area contributed by atoms with E-state index >= 15 is 0 Å². The molecular weight excluding hydrogens is 222 g/mol. The monoisotopic (exact) mass is 247 g/mol. The molecule has 0 aromatic heterocycles. The minimum atomic E-state index is -0.435. The zero-order chi connectivity index (χ0) is 13.8. The number of ketones is 1. The number of Topliss-reactive ketones (excluding diaryl/α,β-unsaturated/α-hetero) is 1. The molecule has 0 N–H and O–H groups in total. The van der Waals surface area contributed by atoms with Gasteiger partial charge in [-0.2, -0.15) is 0 Å². The Labute approximate surface area is 111 Å². The number of nitrogens with zero attached hydrogens (tertiary/aromatic N) is 1. The molecule has 0 radical (unpaired) electrons. The van der Waals surface area contributed by atoms with Crippen molar-refractivity contribution in [3.63, 3.8) is 0 Å². The number of benzene rings is 1. The highest BCUT2D eigenvalue weighted by Gasteiger charge is 2.33. The number of hydrogen-bond donors (Lipinski definition) is 0. The normalized spacial score (nSPS) is 11.9. The molecule has 2 heteroatoms. The second-order valence-corrected chi connectivity index (χ2v) is 5.11. The maximum atomic E-state index is 12.7. The van der Waals surface area contributed by atoms with Gasteiger partial charge < -0.3 is 0 Å². The van der Waals surface area contributed by atoms with Crippen LogP contribution in [0.5, 0.6) is 0 Å². The minimum Gasteiger partial charge on any atom is -0.292 e. The maximum Gasteiger partial charge on any atom is 0.182 e. The molecule has 2 nitrogen and oxygen atoms in total. The highest BCUT2D eigenvalue weighted by molar-refractivity contribution is 6.02. The summed E-state index contributed by atoms with van der Waals surface area (Å²) in [5.41, 5.74) is 1.61. The molecule has 0 bridgehead atoms. The van der Waals surface area contributed by atoms with E-state index < -0.39 is 5.54 Å². The summed E-state index contributed by atoms with van der Waals surface area (Å²) >= 11 is 0. The molecule has 0 saturated heterocycles. The van der Waals surface area contributed by atoms with Crippen LogP contribution in [-0.2, 0) is 6.42 Å². The van der Waals surface area contributed by atoms with Crippen molar-refractivity contribution in [1.82, 2.24) is 4.90 Å². The van der Waals surface area contributed by atoms with Crippen molar-refractivity contribution < 1.29 is 4.79 Å². The smallest absolute Gasteiger partial charge is 0.182 e. The summed E-state index contributed by atoms with van der Waals surface area (Å²) in [6, 6.07) is 7.99. The number of rotatable bonds is 6. The molecule has 0 atom stereocenters. The van der Waals surface area contributed by atoms with Crippen molar-refractivity contribution in [3.05, 3.63) is 35.4 Å². The zero-order valence-corrected chi connectivity index (χ0v) is 12.3. The quantitative estimate of drug-likeness (QED) is 0.716. The lowest BCUT2D eigenvalue weighted by atomic mass is 9.90. The lowest BCUT2D eigenvalue weighted by Gasteiger charge is -2.35. The van der Waals surface area contributed by atoms with Gasteiger partial charge in [-0.3, -0.25) is 9.69 Å². The van der Waals surface area contributed by atoms with Crippen LogP contribution < -0.4 is 0 Å². The van der Waals surface area contributed by atoms with Crippen LogP contribution >= 0.6 is 0 Å². The van der Waals surface area contributed by atoms with Crippen molar-refractivity contribution in [2.24, 2.45) is 0 Å². The van der Waals surface area contributed by atoms with Gasteiger partial charge >= 0.3 is 0 Å². The summed E-state index contributed by atoms with van der Waals surface area (Å²) in [4.78, 5) is 14.9. The Kier molecular flexibility index (Phi) is 5.09. The third-order valence-electron chi connectivity index (χ3n) is 3.71. The maximum absolute atomic E-state index is 12.7. The molecule has 0 unspecified atom stereocenters. The summed E-state index contributed by atoms with van der Waals surface area (Å²) < 4.78 is 0. The van der Waals surface area contributed by atoms with E-state index in [0.717, 1.165) is 25.1 Å². The van der Waals surface area contributed by atoms with Gasteiger partial charge in [0.25, 0.3) is 0 Å². The molecule has 1 aromatic rings. The topological polar surface area (TPSA) is 20.3 Å². The van der Waals surface area contributed by atoms with E-state index in [1.807, 2.05) is 32.0 Å². The van der Waals surface area contributed by atoms with Crippen molar-refractivity contribution in [2.45, 2.75) is 46.6 Å². The van der Waals surface area contributed by atoms with Gasteiger partial charge in [0.15, 0.2) is 5.78 Å². The fourth-order valence-electron chi connectivity index (χ4n) is 2.44. The predicted octanol–water partition coefficient (Wildman–Crippen LogP) is 3.55. The summed E-state index contributed by atoms with van der Waals surface area (Å²) in [6.07, 6.45) is 0.965. The third kappa shape index (κ3) is 2.99. The number of likely N-dealkylation sites (N-methyl/N-ethyl adjacent to an activating group) is 1. The van der Waals surface area contributed by atoms with E-state index in [9.17, 15) is 4.79 Å². The van der Waals surface area contributed by atoms with Crippen molar-refractivity contribution in [2.75, 3.05) is 13.1 Å². The molecule has 18 heavy (non-hydrogen) atoms. The Morgan fingerprint density at radius 2 is 1.78 bits per heavy atom. The third-order valence-corrected chi connectivity index (χ3v) is 3.71. The first-order chi connectivity index (χ1) is 8.47. The van der Waals surface area contributed by atoms with Gasteiger partial charge in [-0.05, 0) is 45.0 Å². The van der Waals surface area contributed by atoms with E-state index in [1.165, 1.54) is 5.56 Å². The van der Waals surface area contributed by atoms with Gasteiger partial charge in [-0.1, -0.05) is 39.0 Å². The van der Waals surface area contributed by atoms with Crippen LogP contribution in [-0.4, -0.2) is 29.3 Å². The van der Waals surface area contributed by atoms with Gasteiger partial charge in [-0.25, -0.2) is 0 Å². The summed E-state index contributed by atoms with van der Waals surface area (Å²) in [5.74, 6) is 0.210. The predicted molar refractivity (Wildman–Crippen MR) is 77.2 cm³/mol. The first kappa shape index (κ1) is 14.9. The van der Waals surface area contributed by atoms with Crippen LogP contribution in [0.15, 0.2) is 24.3 Å². The van der Waals surface area contributed by atoms with Gasteiger partial charge in [0.1, 0.15) is 0 Å². The van der Waals surface area contributed by atoms with Crippen molar-refractivity contribution >= 4 is 5.78 Å². The Bertz CT molecular complexity index is 405. The fraction of sp³-hybridized carbons (Fsp3) is 0.562. The number of aryl methyl sites for hydroxylation is 1. The molecular formula is C16H25NO. The molecule has 0 aliphatic rings. The van der Waals surface area contributed by atoms with E-state index in [0.29, 0.717) is 0 Å². The highest BCUT2D eigenvalue weighted by atomic mass is 16.1. The average molecular weight is 247 g/mol. The molecule has 1 rings (SSSR count). The van der Waals surface area contributed by atoms with Crippen LogP contribution in [0.25, 0.3) is 0 Å². The van der Waals surface area contributed by atoms with E-state index in [4.69, 9.17) is 0 Å². The Hall–Kier alpha value is -1.15. The van der Waals surface area contributed by atoms with Crippen LogP contribution in [0.3, 0.4) is 0 Å². The lowest BCUT2D eigenvalue weighted by molar-refractivity contribution is 0.0668. The molecule has 0 spiro atoms. The van der Waals surface area contributed by atoms with Gasteiger partial charge in [-0.15, -0.1) is 0 Å². The summed E-state index contributed by atoms with van der Waals surface area (Å²) in [5, 5.41) is 0. The second-order valence-electron chi connectivity index (χ2n) is 5.11. The second kappa shape index (κ2) is 6.14. The van der Waals surface area contributed by atoms with Crippen molar-refractivity contribution in [1.29, 1.82) is 0 Å². The Morgan fingerprint density at radius 3 is 2.28 bits per heavy atom.